The second kappa shape index (κ2) is 5.12. The summed E-state index contributed by atoms with van der Waals surface area (Å²) in [5.74, 6) is 1.10. The van der Waals surface area contributed by atoms with Gasteiger partial charge in [0.15, 0.2) is 0 Å². The highest BCUT2D eigenvalue weighted by atomic mass is 32.1. The van der Waals surface area contributed by atoms with E-state index in [9.17, 15) is 0 Å². The van der Waals surface area contributed by atoms with Crippen LogP contribution >= 0.6 is 11.3 Å². The van der Waals surface area contributed by atoms with Crippen molar-refractivity contribution in [1.82, 2.24) is 5.32 Å². The predicted molar refractivity (Wildman–Crippen MR) is 76.3 cm³/mol. The van der Waals surface area contributed by atoms with E-state index in [1.807, 2.05) is 7.05 Å². The molecule has 94 valence electrons. The summed E-state index contributed by atoms with van der Waals surface area (Å²) in [5, 5.41) is 5.40. The summed E-state index contributed by atoms with van der Waals surface area (Å²) in [6, 6.07) is 8.74. The highest BCUT2D eigenvalue weighted by molar-refractivity contribution is 7.13. The fraction of sp³-hybridized carbons (Fsp3) is 0.333. The van der Waals surface area contributed by atoms with Gasteiger partial charge in [-0.05, 0) is 48.5 Å². The average Bonchev–Trinajstić information content (AvgIpc) is 2.87. The van der Waals surface area contributed by atoms with Gasteiger partial charge in [0, 0.05) is 17.0 Å². The molecule has 2 aromatic rings. The van der Waals surface area contributed by atoms with Crippen molar-refractivity contribution >= 4 is 11.3 Å². The summed E-state index contributed by atoms with van der Waals surface area (Å²) in [4.78, 5) is 1.30. The lowest BCUT2D eigenvalue weighted by Crippen LogP contribution is -2.08. The van der Waals surface area contributed by atoms with Crippen LogP contribution in [0.25, 0.3) is 10.4 Å². The van der Waals surface area contributed by atoms with Crippen LogP contribution in [0.2, 0.25) is 0 Å². The van der Waals surface area contributed by atoms with Crippen molar-refractivity contribution in [2.24, 2.45) is 0 Å². The lowest BCUT2D eigenvalue weighted by atomic mass is 10.0. The Kier molecular flexibility index (Phi) is 3.35. The lowest BCUT2D eigenvalue weighted by molar-refractivity contribution is 0.290. The summed E-state index contributed by atoms with van der Waals surface area (Å²) in [7, 11) is 1.98. The molecule has 0 unspecified atom stereocenters. The Morgan fingerprint density at radius 2 is 2.33 bits per heavy atom. The van der Waals surface area contributed by atoms with Crippen LogP contribution in [0.5, 0.6) is 5.75 Å². The van der Waals surface area contributed by atoms with Gasteiger partial charge in [-0.1, -0.05) is 12.1 Å². The number of rotatable bonds is 3. The van der Waals surface area contributed by atoms with Gasteiger partial charge in [-0.25, -0.2) is 0 Å². The number of benzene rings is 1. The van der Waals surface area contributed by atoms with Gasteiger partial charge in [-0.15, -0.1) is 11.3 Å². The number of ether oxygens (including phenoxy) is 1. The van der Waals surface area contributed by atoms with Crippen molar-refractivity contribution in [3.63, 3.8) is 0 Å². The van der Waals surface area contributed by atoms with E-state index < -0.39 is 0 Å². The number of para-hydroxylation sites is 1. The number of nitrogens with one attached hydrogen (secondary N) is 1. The van der Waals surface area contributed by atoms with Crippen molar-refractivity contribution in [2.45, 2.75) is 19.4 Å². The zero-order chi connectivity index (χ0) is 12.4. The standard InChI is InChI=1S/C15H17NOS/c1-16-9-11-8-14(18-10-11)13-6-2-4-12-5-3-7-17-15(12)13/h2,4,6,8,10,16H,3,5,7,9H2,1H3. The average molecular weight is 259 g/mol. The van der Waals surface area contributed by atoms with Crippen molar-refractivity contribution in [2.75, 3.05) is 13.7 Å². The van der Waals surface area contributed by atoms with E-state index in [1.165, 1.54) is 21.6 Å². The molecule has 0 saturated carbocycles. The third-order valence-electron chi connectivity index (χ3n) is 3.23. The monoisotopic (exact) mass is 259 g/mol. The van der Waals surface area contributed by atoms with E-state index in [0.717, 1.165) is 31.7 Å². The number of hydrogen-bond donors (Lipinski definition) is 1. The van der Waals surface area contributed by atoms with E-state index in [2.05, 4.69) is 35.0 Å². The van der Waals surface area contributed by atoms with Gasteiger partial charge in [-0.2, -0.15) is 0 Å². The van der Waals surface area contributed by atoms with E-state index in [-0.39, 0.29) is 0 Å². The second-order valence-corrected chi connectivity index (χ2v) is 5.51. The van der Waals surface area contributed by atoms with Crippen LogP contribution in [0, 0.1) is 0 Å². The molecule has 0 aliphatic carbocycles. The molecule has 2 heterocycles. The summed E-state index contributed by atoms with van der Waals surface area (Å²) in [6.45, 7) is 1.77. The molecule has 1 aliphatic rings. The third-order valence-corrected chi connectivity index (χ3v) is 4.25. The van der Waals surface area contributed by atoms with Gasteiger partial charge in [0.25, 0.3) is 0 Å². The highest BCUT2D eigenvalue weighted by Crippen LogP contribution is 2.38. The van der Waals surface area contributed by atoms with E-state index in [1.54, 1.807) is 11.3 Å². The lowest BCUT2D eigenvalue weighted by Gasteiger charge is -2.19. The molecule has 3 rings (SSSR count). The maximum atomic E-state index is 5.87. The molecule has 1 aromatic carbocycles. The molecule has 0 spiro atoms. The minimum atomic E-state index is 0.846. The third kappa shape index (κ3) is 2.16. The number of fused-ring (bicyclic) bond motifs is 1. The topological polar surface area (TPSA) is 21.3 Å². The first kappa shape index (κ1) is 11.8. The smallest absolute Gasteiger partial charge is 0.131 e. The normalized spacial score (nSPS) is 14.1. The number of hydrogen-bond acceptors (Lipinski definition) is 3. The zero-order valence-corrected chi connectivity index (χ0v) is 11.3. The SMILES string of the molecule is CNCc1csc(-c2cccc3c2OCCC3)c1. The maximum Gasteiger partial charge on any atom is 0.131 e. The van der Waals surface area contributed by atoms with Crippen LogP contribution in [0.3, 0.4) is 0 Å². The first-order chi connectivity index (χ1) is 8.88. The fourth-order valence-electron chi connectivity index (χ4n) is 2.40. The molecule has 18 heavy (non-hydrogen) atoms. The van der Waals surface area contributed by atoms with Crippen LogP contribution in [0.15, 0.2) is 29.6 Å². The zero-order valence-electron chi connectivity index (χ0n) is 10.5. The van der Waals surface area contributed by atoms with Crippen LogP contribution in [-0.4, -0.2) is 13.7 Å². The number of aryl methyl sites for hydroxylation is 1. The second-order valence-electron chi connectivity index (χ2n) is 4.60. The van der Waals surface area contributed by atoms with Crippen molar-refractivity contribution in [3.05, 3.63) is 40.8 Å². The fourth-order valence-corrected chi connectivity index (χ4v) is 3.33. The van der Waals surface area contributed by atoms with Gasteiger partial charge in [0.1, 0.15) is 5.75 Å². The van der Waals surface area contributed by atoms with Gasteiger partial charge < -0.3 is 10.1 Å². The van der Waals surface area contributed by atoms with Gasteiger partial charge in [0.05, 0.1) is 6.61 Å². The molecule has 0 saturated heterocycles. The first-order valence-corrected chi connectivity index (χ1v) is 7.23. The first-order valence-electron chi connectivity index (χ1n) is 6.35. The molecule has 1 N–H and O–H groups in total. The maximum absolute atomic E-state index is 5.87. The Morgan fingerprint density at radius 1 is 1.39 bits per heavy atom. The van der Waals surface area contributed by atoms with Crippen molar-refractivity contribution in [1.29, 1.82) is 0 Å². The minimum Gasteiger partial charge on any atom is -0.493 e. The molecule has 0 radical (unpaired) electrons. The van der Waals surface area contributed by atoms with Gasteiger partial charge in [0.2, 0.25) is 0 Å². The number of thiophene rings is 1. The van der Waals surface area contributed by atoms with Crippen molar-refractivity contribution in [3.8, 4) is 16.2 Å². The van der Waals surface area contributed by atoms with E-state index in [0.29, 0.717) is 0 Å². The quantitative estimate of drug-likeness (QED) is 0.911. The summed E-state index contributed by atoms with van der Waals surface area (Å²) < 4.78 is 5.87. The van der Waals surface area contributed by atoms with Gasteiger partial charge in [-0.3, -0.25) is 0 Å². The Labute approximate surface area is 112 Å². The Bertz CT molecular complexity index is 547. The molecule has 3 heteroatoms. The minimum absolute atomic E-state index is 0.846. The molecule has 2 nitrogen and oxygen atoms in total. The molecule has 1 aliphatic heterocycles. The molecule has 0 bridgehead atoms. The molecular weight excluding hydrogens is 242 g/mol. The van der Waals surface area contributed by atoms with Crippen molar-refractivity contribution < 1.29 is 4.74 Å². The molecule has 0 atom stereocenters. The summed E-state index contributed by atoms with van der Waals surface area (Å²) >= 11 is 1.80. The molecule has 0 fully saturated rings. The Morgan fingerprint density at radius 3 is 3.22 bits per heavy atom. The predicted octanol–water partition coefficient (Wildman–Crippen LogP) is 3.46. The summed E-state index contributed by atoms with van der Waals surface area (Å²) in [5.41, 5.74) is 3.94. The molecule has 1 aromatic heterocycles. The van der Waals surface area contributed by atoms with Crippen LogP contribution in [-0.2, 0) is 13.0 Å². The van der Waals surface area contributed by atoms with Crippen LogP contribution < -0.4 is 10.1 Å². The van der Waals surface area contributed by atoms with Crippen LogP contribution in [0.4, 0.5) is 0 Å². The Balaban J connectivity index is 2.00. The Hall–Kier alpha value is -1.32. The molecule has 0 amide bonds. The summed E-state index contributed by atoms with van der Waals surface area (Å²) in [6.07, 6.45) is 2.27. The largest absolute Gasteiger partial charge is 0.493 e. The molecular formula is C15H17NOS. The van der Waals surface area contributed by atoms with E-state index >= 15 is 0 Å². The van der Waals surface area contributed by atoms with E-state index in [4.69, 9.17) is 4.74 Å². The highest BCUT2D eigenvalue weighted by Gasteiger charge is 2.16. The van der Waals surface area contributed by atoms with Crippen LogP contribution in [0.1, 0.15) is 17.5 Å². The van der Waals surface area contributed by atoms with Gasteiger partial charge >= 0.3 is 0 Å².